The molecule has 0 saturated carbocycles. The van der Waals surface area contributed by atoms with Gasteiger partial charge < -0.3 is 15.2 Å². The second-order valence-corrected chi connectivity index (χ2v) is 6.67. The number of amidine groups is 1. The maximum atomic E-state index is 11.6. The Hall–Kier alpha value is -2.20. The minimum Gasteiger partial charge on any atom is -0.481 e. The number of carbonyl (C=O) groups excluding carboxylic acids is 2. The number of hydrogen-bond donors (Lipinski definition) is 2. The molecule has 1 fully saturated rings. The van der Waals surface area contributed by atoms with Gasteiger partial charge in [0.25, 0.3) is 0 Å². The maximum Gasteiger partial charge on any atom is 0.308 e. The molecule has 1 atom stereocenters. The van der Waals surface area contributed by atoms with Gasteiger partial charge in [0.05, 0.1) is 12.6 Å². The Labute approximate surface area is 149 Å². The molecule has 0 spiro atoms. The Morgan fingerprint density at radius 2 is 2.25 bits per heavy atom. The van der Waals surface area contributed by atoms with E-state index < -0.39 is 23.1 Å². The number of rotatable bonds is 5. The van der Waals surface area contributed by atoms with Gasteiger partial charge in [-0.2, -0.15) is 5.10 Å². The molecule has 2 N–H and O–H groups in total. The molecule has 2 rings (SSSR count). The Balaban J connectivity index is 2.07. The summed E-state index contributed by atoms with van der Waals surface area (Å²) in [6.45, 7) is 1.30. The lowest BCUT2D eigenvalue weighted by Gasteiger charge is -2.03. The van der Waals surface area contributed by atoms with Crippen molar-refractivity contribution in [1.82, 2.24) is 5.32 Å². The molecule has 1 aliphatic heterocycles. The molecule has 1 aromatic rings. The van der Waals surface area contributed by atoms with Gasteiger partial charge in [0.1, 0.15) is 11.0 Å². The number of carbonyl (C=O) groups is 3. The van der Waals surface area contributed by atoms with Crippen molar-refractivity contribution in [3.05, 3.63) is 28.2 Å². The molecule has 1 amide bonds. The number of hydrogen-bond acceptors (Lipinski definition) is 7. The first-order valence-corrected chi connectivity index (χ1v) is 8.30. The van der Waals surface area contributed by atoms with E-state index in [9.17, 15) is 14.4 Å². The summed E-state index contributed by atoms with van der Waals surface area (Å²) < 4.78 is 5.70. The fourth-order valence-corrected chi connectivity index (χ4v) is 3.00. The van der Waals surface area contributed by atoms with Crippen molar-refractivity contribution in [2.24, 2.45) is 10.2 Å². The van der Waals surface area contributed by atoms with Crippen LogP contribution in [0.1, 0.15) is 18.9 Å². The standard InChI is InChI=1S/C14H12BrN3O5S/c1-7(19)23-9-2-3-10(15)8(4-9)6-16-18-14-17-13(22)11(24-14)5-12(20)21/h2-4,6,11H,5H2,1H3,(H,20,21)(H,17,18,22). The Bertz CT molecular complexity index is 750. The molecule has 0 aromatic heterocycles. The molecular formula is C14H12BrN3O5S. The normalized spacial score (nSPS) is 18.8. The number of amides is 1. The summed E-state index contributed by atoms with van der Waals surface area (Å²) in [7, 11) is 0. The highest BCUT2D eigenvalue weighted by Crippen LogP contribution is 2.23. The molecule has 10 heteroatoms. The van der Waals surface area contributed by atoms with E-state index in [2.05, 4.69) is 31.4 Å². The van der Waals surface area contributed by atoms with Crippen LogP contribution in [0.25, 0.3) is 0 Å². The van der Waals surface area contributed by atoms with Crippen LogP contribution < -0.4 is 10.1 Å². The first kappa shape index (κ1) is 18.1. The van der Waals surface area contributed by atoms with Gasteiger partial charge in [0.15, 0.2) is 5.17 Å². The van der Waals surface area contributed by atoms with Crippen molar-refractivity contribution in [2.45, 2.75) is 18.6 Å². The van der Waals surface area contributed by atoms with Gasteiger partial charge in [-0.15, -0.1) is 5.10 Å². The second kappa shape index (κ2) is 8.06. The summed E-state index contributed by atoms with van der Waals surface area (Å²) >= 11 is 4.35. The second-order valence-electron chi connectivity index (χ2n) is 4.62. The highest BCUT2D eigenvalue weighted by molar-refractivity contribution is 9.10. The van der Waals surface area contributed by atoms with Crippen LogP contribution in [0.2, 0.25) is 0 Å². The predicted molar refractivity (Wildman–Crippen MR) is 92.3 cm³/mol. The number of halogens is 1. The molecular weight excluding hydrogens is 402 g/mol. The number of carboxylic acids is 1. The van der Waals surface area contributed by atoms with Gasteiger partial charge in [0.2, 0.25) is 5.91 Å². The predicted octanol–water partition coefficient (Wildman–Crippen LogP) is 1.77. The van der Waals surface area contributed by atoms with Crippen LogP contribution >= 0.6 is 27.7 Å². The van der Waals surface area contributed by atoms with Crippen molar-refractivity contribution in [3.8, 4) is 5.75 Å². The summed E-state index contributed by atoms with van der Waals surface area (Å²) in [4.78, 5) is 33.2. The van der Waals surface area contributed by atoms with Crippen molar-refractivity contribution < 1.29 is 24.2 Å². The molecule has 1 unspecified atom stereocenters. The summed E-state index contributed by atoms with van der Waals surface area (Å²) in [6.07, 6.45) is 1.14. The van der Waals surface area contributed by atoms with Crippen LogP contribution in [-0.4, -0.2) is 39.6 Å². The molecule has 24 heavy (non-hydrogen) atoms. The van der Waals surface area contributed by atoms with Gasteiger partial charge in [-0.1, -0.05) is 27.7 Å². The summed E-state index contributed by atoms with van der Waals surface area (Å²) in [5, 5.41) is 18.4. The Morgan fingerprint density at radius 3 is 2.92 bits per heavy atom. The minimum atomic E-state index is -1.06. The SMILES string of the molecule is CC(=O)Oc1ccc(Br)c(C=NN=C2NC(=O)C(CC(=O)O)S2)c1. The molecule has 1 aliphatic rings. The molecule has 1 aromatic carbocycles. The smallest absolute Gasteiger partial charge is 0.308 e. The third-order valence-corrected chi connectivity index (χ3v) is 4.51. The van der Waals surface area contributed by atoms with Crippen molar-refractivity contribution in [1.29, 1.82) is 0 Å². The zero-order valence-corrected chi connectivity index (χ0v) is 14.8. The number of nitrogens with one attached hydrogen (secondary N) is 1. The number of esters is 1. The summed E-state index contributed by atoms with van der Waals surface area (Å²) in [6, 6.07) is 4.92. The average Bonchev–Trinajstić information content (AvgIpc) is 2.81. The zero-order valence-electron chi connectivity index (χ0n) is 12.4. The van der Waals surface area contributed by atoms with E-state index >= 15 is 0 Å². The first-order valence-electron chi connectivity index (χ1n) is 6.63. The van der Waals surface area contributed by atoms with Crippen molar-refractivity contribution >= 4 is 56.9 Å². The minimum absolute atomic E-state index is 0.231. The number of ether oxygens (including phenoxy) is 1. The van der Waals surface area contributed by atoms with E-state index in [0.29, 0.717) is 15.8 Å². The third-order valence-electron chi connectivity index (χ3n) is 2.71. The number of benzene rings is 1. The lowest BCUT2D eigenvalue weighted by atomic mass is 10.2. The van der Waals surface area contributed by atoms with Crippen LogP contribution in [-0.2, 0) is 14.4 Å². The van der Waals surface area contributed by atoms with Crippen LogP contribution in [0.5, 0.6) is 5.75 Å². The fourth-order valence-electron chi connectivity index (χ4n) is 1.74. The molecule has 1 heterocycles. The molecule has 0 aliphatic carbocycles. The largest absolute Gasteiger partial charge is 0.481 e. The van der Waals surface area contributed by atoms with Gasteiger partial charge in [-0.3, -0.25) is 14.4 Å². The van der Waals surface area contributed by atoms with E-state index in [0.717, 1.165) is 11.8 Å². The van der Waals surface area contributed by atoms with E-state index in [1.807, 2.05) is 0 Å². The van der Waals surface area contributed by atoms with Crippen LogP contribution in [0.3, 0.4) is 0 Å². The van der Waals surface area contributed by atoms with Crippen LogP contribution in [0, 0.1) is 0 Å². The van der Waals surface area contributed by atoms with Gasteiger partial charge in [0, 0.05) is 17.0 Å². The number of thioether (sulfide) groups is 1. The summed E-state index contributed by atoms with van der Waals surface area (Å²) in [5.74, 6) is -1.53. The lowest BCUT2D eigenvalue weighted by Crippen LogP contribution is -2.26. The van der Waals surface area contributed by atoms with Gasteiger partial charge >= 0.3 is 11.9 Å². The van der Waals surface area contributed by atoms with E-state index in [1.54, 1.807) is 18.2 Å². The molecule has 1 saturated heterocycles. The topological polar surface area (TPSA) is 117 Å². The number of aliphatic carboxylic acids is 1. The van der Waals surface area contributed by atoms with Gasteiger partial charge in [-0.25, -0.2) is 0 Å². The fraction of sp³-hybridized carbons (Fsp3) is 0.214. The highest BCUT2D eigenvalue weighted by Gasteiger charge is 2.32. The first-order chi connectivity index (χ1) is 11.3. The van der Waals surface area contributed by atoms with Gasteiger partial charge in [-0.05, 0) is 18.2 Å². The lowest BCUT2D eigenvalue weighted by molar-refractivity contribution is -0.138. The molecule has 126 valence electrons. The summed E-state index contributed by atoms with van der Waals surface area (Å²) in [5.41, 5.74) is 0.620. The van der Waals surface area contributed by atoms with Crippen LogP contribution in [0.15, 0.2) is 32.9 Å². The maximum absolute atomic E-state index is 11.6. The quantitative estimate of drug-likeness (QED) is 0.328. The highest BCUT2D eigenvalue weighted by atomic mass is 79.9. The van der Waals surface area contributed by atoms with E-state index in [-0.39, 0.29) is 11.6 Å². The van der Waals surface area contributed by atoms with E-state index in [4.69, 9.17) is 9.84 Å². The van der Waals surface area contributed by atoms with Crippen LogP contribution in [0.4, 0.5) is 0 Å². The number of nitrogens with zero attached hydrogens (tertiary/aromatic N) is 2. The molecule has 0 radical (unpaired) electrons. The zero-order chi connectivity index (χ0) is 17.7. The average molecular weight is 414 g/mol. The third kappa shape index (κ3) is 5.17. The molecule has 0 bridgehead atoms. The van der Waals surface area contributed by atoms with Crippen molar-refractivity contribution in [3.63, 3.8) is 0 Å². The Morgan fingerprint density at radius 1 is 1.50 bits per heavy atom. The number of carboxylic acid groups (broad SMARTS) is 1. The Kier molecular flexibility index (Phi) is 6.10. The molecule has 8 nitrogen and oxygen atoms in total. The monoisotopic (exact) mass is 413 g/mol. The van der Waals surface area contributed by atoms with Crippen molar-refractivity contribution in [2.75, 3.05) is 0 Å². The van der Waals surface area contributed by atoms with E-state index in [1.165, 1.54) is 13.1 Å².